The molecule has 2 nitrogen and oxygen atoms in total. The molecule has 0 radical (unpaired) electrons. The third-order valence-electron chi connectivity index (χ3n) is 1.92. The molecule has 0 saturated heterocycles. The van der Waals surface area contributed by atoms with Crippen LogP contribution in [0.4, 0.5) is 5.69 Å². The minimum absolute atomic E-state index is 0.0248. The predicted molar refractivity (Wildman–Crippen MR) is 61.1 cm³/mol. The molecular weight excluding hydrogens is 198 g/mol. The van der Waals surface area contributed by atoms with Crippen LogP contribution >= 0.6 is 11.6 Å². The van der Waals surface area contributed by atoms with E-state index in [9.17, 15) is 0 Å². The molecular formula is C11H14ClNO. The van der Waals surface area contributed by atoms with Crippen molar-refractivity contribution in [2.24, 2.45) is 0 Å². The van der Waals surface area contributed by atoms with E-state index in [2.05, 4.69) is 0 Å². The Hall–Kier alpha value is -0.990. The number of aliphatic hydroxyl groups is 1. The first-order valence-electron chi connectivity index (χ1n) is 4.49. The fourth-order valence-electron chi connectivity index (χ4n) is 1.15. The molecule has 3 N–H and O–H groups in total. The van der Waals surface area contributed by atoms with Gasteiger partial charge in [0.2, 0.25) is 0 Å². The molecule has 0 fully saturated rings. The number of anilines is 1. The topological polar surface area (TPSA) is 46.2 Å². The van der Waals surface area contributed by atoms with Crippen molar-refractivity contribution in [3.8, 4) is 0 Å². The number of allylic oxidation sites excluding steroid dienone is 1. The van der Waals surface area contributed by atoms with Crippen LogP contribution in [0.1, 0.15) is 17.5 Å². The molecule has 1 rings (SSSR count). The monoisotopic (exact) mass is 211 g/mol. The second kappa shape index (κ2) is 5.68. The van der Waals surface area contributed by atoms with Crippen LogP contribution in [0.2, 0.25) is 0 Å². The summed E-state index contributed by atoms with van der Waals surface area (Å²) in [6.07, 6.45) is 4.82. The molecule has 0 atom stereocenters. The highest BCUT2D eigenvalue weighted by atomic mass is 35.5. The van der Waals surface area contributed by atoms with Gasteiger partial charge in [0.05, 0.1) is 6.61 Å². The normalized spacial score (nSPS) is 11.0. The molecule has 0 spiro atoms. The number of nitrogen functional groups attached to an aromatic ring is 1. The third kappa shape index (κ3) is 3.05. The smallest absolute Gasteiger partial charge is 0.0702 e. The van der Waals surface area contributed by atoms with E-state index in [1.165, 1.54) is 0 Å². The molecule has 0 saturated carbocycles. The Morgan fingerprint density at radius 2 is 2.21 bits per heavy atom. The second-order valence-corrected chi connectivity index (χ2v) is 3.37. The van der Waals surface area contributed by atoms with Gasteiger partial charge in [-0.3, -0.25) is 0 Å². The minimum atomic E-state index is -0.0248. The lowest BCUT2D eigenvalue weighted by atomic mass is 10.1. The molecule has 0 aliphatic carbocycles. The molecule has 0 amide bonds. The van der Waals surface area contributed by atoms with Crippen molar-refractivity contribution in [2.75, 3.05) is 11.6 Å². The van der Waals surface area contributed by atoms with Gasteiger partial charge in [-0.15, -0.1) is 11.6 Å². The van der Waals surface area contributed by atoms with Crippen LogP contribution in [0.5, 0.6) is 0 Å². The second-order valence-electron chi connectivity index (χ2n) is 3.00. The highest BCUT2D eigenvalue weighted by Gasteiger charge is 1.97. The zero-order valence-corrected chi connectivity index (χ0v) is 8.67. The van der Waals surface area contributed by atoms with Crippen LogP contribution in [-0.2, 0) is 6.61 Å². The predicted octanol–water partition coefficient (Wildman–Crippen LogP) is 2.40. The number of hydrogen-bond donors (Lipinski definition) is 2. The van der Waals surface area contributed by atoms with Crippen LogP contribution in [0.3, 0.4) is 0 Å². The van der Waals surface area contributed by atoms with Gasteiger partial charge in [-0.05, 0) is 24.1 Å². The molecule has 3 heteroatoms. The maximum Gasteiger partial charge on any atom is 0.0702 e. The quantitative estimate of drug-likeness (QED) is 0.594. The third-order valence-corrected chi connectivity index (χ3v) is 2.14. The zero-order valence-electron chi connectivity index (χ0n) is 7.91. The number of hydrogen-bond acceptors (Lipinski definition) is 2. The van der Waals surface area contributed by atoms with Crippen molar-refractivity contribution >= 4 is 23.4 Å². The van der Waals surface area contributed by atoms with E-state index in [4.69, 9.17) is 22.4 Å². The molecule has 0 heterocycles. The van der Waals surface area contributed by atoms with E-state index in [1.54, 1.807) is 6.07 Å². The lowest BCUT2D eigenvalue weighted by Gasteiger charge is -2.02. The van der Waals surface area contributed by atoms with Gasteiger partial charge in [0.25, 0.3) is 0 Å². The fourth-order valence-corrected chi connectivity index (χ4v) is 1.27. The van der Waals surface area contributed by atoms with Crippen molar-refractivity contribution in [3.05, 3.63) is 35.4 Å². The van der Waals surface area contributed by atoms with Gasteiger partial charge in [0, 0.05) is 17.1 Å². The van der Waals surface area contributed by atoms with Crippen molar-refractivity contribution in [1.82, 2.24) is 0 Å². The highest BCUT2D eigenvalue weighted by Crippen LogP contribution is 2.15. The van der Waals surface area contributed by atoms with Gasteiger partial charge >= 0.3 is 0 Å². The summed E-state index contributed by atoms with van der Waals surface area (Å²) in [6, 6.07) is 5.59. The van der Waals surface area contributed by atoms with Crippen molar-refractivity contribution in [3.63, 3.8) is 0 Å². The maximum absolute atomic E-state index is 8.99. The Labute approximate surface area is 89.0 Å². The van der Waals surface area contributed by atoms with E-state index in [-0.39, 0.29) is 6.61 Å². The van der Waals surface area contributed by atoms with Crippen LogP contribution in [-0.4, -0.2) is 11.0 Å². The zero-order chi connectivity index (χ0) is 10.4. The summed E-state index contributed by atoms with van der Waals surface area (Å²) in [5.41, 5.74) is 8.07. The summed E-state index contributed by atoms with van der Waals surface area (Å²) in [7, 11) is 0. The minimum Gasteiger partial charge on any atom is -0.398 e. The Balaban J connectivity index is 2.79. The van der Waals surface area contributed by atoms with Crippen LogP contribution in [0.25, 0.3) is 6.08 Å². The summed E-state index contributed by atoms with van der Waals surface area (Å²) in [4.78, 5) is 0. The lowest BCUT2D eigenvalue weighted by Crippen LogP contribution is -1.93. The van der Waals surface area contributed by atoms with Gasteiger partial charge in [-0.1, -0.05) is 18.2 Å². The molecule has 0 aromatic heterocycles. The molecule has 14 heavy (non-hydrogen) atoms. The standard InChI is InChI=1S/C11H14ClNO/c12-6-2-1-3-9-4-5-11(13)10(7-9)8-14/h1,3-5,7,14H,2,6,8,13H2. The van der Waals surface area contributed by atoms with Crippen molar-refractivity contribution in [2.45, 2.75) is 13.0 Å². The van der Waals surface area contributed by atoms with E-state index < -0.39 is 0 Å². The highest BCUT2D eigenvalue weighted by molar-refractivity contribution is 6.17. The Morgan fingerprint density at radius 1 is 1.43 bits per heavy atom. The molecule has 0 unspecified atom stereocenters. The van der Waals surface area contributed by atoms with Crippen molar-refractivity contribution in [1.29, 1.82) is 0 Å². The van der Waals surface area contributed by atoms with Gasteiger partial charge in [0.1, 0.15) is 0 Å². The summed E-state index contributed by atoms with van der Waals surface area (Å²) in [5.74, 6) is 0.623. The summed E-state index contributed by atoms with van der Waals surface area (Å²) in [5, 5.41) is 8.99. The first-order chi connectivity index (χ1) is 6.77. The van der Waals surface area contributed by atoms with Gasteiger partial charge in [-0.2, -0.15) is 0 Å². The SMILES string of the molecule is Nc1ccc(C=CCCCl)cc1CO. The Morgan fingerprint density at radius 3 is 2.86 bits per heavy atom. The molecule has 0 bridgehead atoms. The number of benzene rings is 1. The molecule has 1 aromatic carbocycles. The Kier molecular flexibility index (Phi) is 4.50. The largest absolute Gasteiger partial charge is 0.398 e. The van der Waals surface area contributed by atoms with E-state index in [1.807, 2.05) is 24.3 Å². The molecule has 0 aliphatic heterocycles. The van der Waals surface area contributed by atoms with Crippen LogP contribution < -0.4 is 5.73 Å². The lowest BCUT2D eigenvalue weighted by molar-refractivity contribution is 0.282. The van der Waals surface area contributed by atoms with Crippen LogP contribution in [0, 0.1) is 0 Å². The number of nitrogens with two attached hydrogens (primary N) is 1. The summed E-state index contributed by atoms with van der Waals surface area (Å²) < 4.78 is 0. The Bertz CT molecular complexity index is 323. The molecule has 0 aliphatic rings. The number of halogens is 1. The maximum atomic E-state index is 8.99. The van der Waals surface area contributed by atoms with E-state index in [0.29, 0.717) is 11.6 Å². The van der Waals surface area contributed by atoms with E-state index >= 15 is 0 Å². The van der Waals surface area contributed by atoms with Gasteiger partial charge < -0.3 is 10.8 Å². The van der Waals surface area contributed by atoms with Gasteiger partial charge in [0.15, 0.2) is 0 Å². The van der Waals surface area contributed by atoms with Crippen LogP contribution in [0.15, 0.2) is 24.3 Å². The number of rotatable bonds is 4. The summed E-state index contributed by atoms with van der Waals surface area (Å²) >= 11 is 5.54. The first-order valence-corrected chi connectivity index (χ1v) is 5.03. The molecule has 76 valence electrons. The number of aliphatic hydroxyl groups excluding tert-OH is 1. The average molecular weight is 212 g/mol. The number of alkyl halides is 1. The van der Waals surface area contributed by atoms with Gasteiger partial charge in [-0.25, -0.2) is 0 Å². The first kappa shape index (κ1) is 11.1. The van der Waals surface area contributed by atoms with E-state index in [0.717, 1.165) is 17.5 Å². The fraction of sp³-hybridized carbons (Fsp3) is 0.273. The van der Waals surface area contributed by atoms with Crippen molar-refractivity contribution < 1.29 is 5.11 Å². The molecule has 1 aromatic rings. The summed E-state index contributed by atoms with van der Waals surface area (Å²) in [6.45, 7) is -0.0248. The average Bonchev–Trinajstić information content (AvgIpc) is 2.21.